The SMILES string of the molecule is CCOC(=O)CCn1cnc2sc(C(=O)OCC)c(C)c2c1=O. The Labute approximate surface area is 136 Å². The van der Waals surface area contributed by atoms with Gasteiger partial charge in [0.1, 0.15) is 9.71 Å². The van der Waals surface area contributed by atoms with Gasteiger partial charge in [-0.25, -0.2) is 9.78 Å². The zero-order valence-electron chi connectivity index (χ0n) is 13.2. The molecule has 0 atom stereocenters. The van der Waals surface area contributed by atoms with Gasteiger partial charge in [0.2, 0.25) is 0 Å². The van der Waals surface area contributed by atoms with Crippen LogP contribution >= 0.6 is 11.3 Å². The van der Waals surface area contributed by atoms with E-state index >= 15 is 0 Å². The molecule has 2 aromatic heterocycles. The molecule has 8 heteroatoms. The molecule has 0 N–H and O–H groups in total. The summed E-state index contributed by atoms with van der Waals surface area (Å²) in [5.74, 6) is -0.820. The van der Waals surface area contributed by atoms with Crippen LogP contribution < -0.4 is 5.56 Å². The molecule has 2 heterocycles. The normalized spacial score (nSPS) is 10.7. The van der Waals surface area contributed by atoms with Gasteiger partial charge in [0.25, 0.3) is 5.56 Å². The monoisotopic (exact) mass is 338 g/mol. The lowest BCUT2D eigenvalue weighted by Crippen LogP contribution is -2.22. The van der Waals surface area contributed by atoms with E-state index in [9.17, 15) is 14.4 Å². The van der Waals surface area contributed by atoms with Crippen LogP contribution in [0.5, 0.6) is 0 Å². The summed E-state index contributed by atoms with van der Waals surface area (Å²) in [6.45, 7) is 5.90. The maximum atomic E-state index is 12.5. The number of ether oxygens (including phenoxy) is 2. The number of nitrogens with zero attached hydrogens (tertiary/aromatic N) is 2. The minimum atomic E-state index is -0.453. The van der Waals surface area contributed by atoms with Crippen molar-refractivity contribution in [3.63, 3.8) is 0 Å². The highest BCUT2D eigenvalue weighted by Gasteiger charge is 2.20. The third kappa shape index (κ3) is 3.58. The van der Waals surface area contributed by atoms with Crippen molar-refractivity contribution in [2.24, 2.45) is 0 Å². The highest BCUT2D eigenvalue weighted by Crippen LogP contribution is 2.27. The zero-order valence-corrected chi connectivity index (χ0v) is 14.1. The van der Waals surface area contributed by atoms with Gasteiger partial charge in [-0.05, 0) is 26.3 Å². The highest BCUT2D eigenvalue weighted by molar-refractivity contribution is 7.20. The van der Waals surface area contributed by atoms with E-state index in [1.54, 1.807) is 20.8 Å². The van der Waals surface area contributed by atoms with E-state index in [0.29, 0.717) is 27.3 Å². The predicted octanol–water partition coefficient (Wildman–Crippen LogP) is 1.90. The van der Waals surface area contributed by atoms with Crippen molar-refractivity contribution in [3.05, 3.63) is 27.1 Å². The summed E-state index contributed by atoms with van der Waals surface area (Å²) in [6.07, 6.45) is 1.48. The number of fused-ring (bicyclic) bond motifs is 1. The molecule has 0 fully saturated rings. The number of esters is 2. The fourth-order valence-electron chi connectivity index (χ4n) is 2.15. The number of aryl methyl sites for hydroxylation is 2. The number of carbonyl (C=O) groups is 2. The van der Waals surface area contributed by atoms with Gasteiger partial charge >= 0.3 is 11.9 Å². The molecule has 0 spiro atoms. The second-order valence-corrected chi connectivity index (χ2v) is 5.75. The molecule has 2 aromatic rings. The summed E-state index contributed by atoms with van der Waals surface area (Å²) in [6, 6.07) is 0. The van der Waals surface area contributed by atoms with Crippen LogP contribution in [0.25, 0.3) is 10.2 Å². The summed E-state index contributed by atoms with van der Waals surface area (Å²) in [7, 11) is 0. The maximum Gasteiger partial charge on any atom is 0.348 e. The third-order valence-corrected chi connectivity index (χ3v) is 4.42. The first-order valence-corrected chi connectivity index (χ1v) is 8.12. The van der Waals surface area contributed by atoms with Crippen molar-refractivity contribution in [1.82, 2.24) is 9.55 Å². The molecule has 7 nitrogen and oxygen atoms in total. The van der Waals surface area contributed by atoms with Crippen LogP contribution in [0.3, 0.4) is 0 Å². The Morgan fingerprint density at radius 1 is 1.26 bits per heavy atom. The van der Waals surface area contributed by atoms with E-state index in [1.807, 2.05) is 0 Å². The van der Waals surface area contributed by atoms with Gasteiger partial charge in [0, 0.05) is 6.54 Å². The lowest BCUT2D eigenvalue weighted by molar-refractivity contribution is -0.143. The number of carbonyl (C=O) groups excluding carboxylic acids is 2. The smallest absolute Gasteiger partial charge is 0.348 e. The van der Waals surface area contributed by atoms with Crippen LogP contribution in [-0.2, 0) is 20.8 Å². The second kappa shape index (κ2) is 7.36. The molecule has 0 aliphatic carbocycles. The number of hydrogen-bond acceptors (Lipinski definition) is 7. The lowest BCUT2D eigenvalue weighted by atomic mass is 10.2. The first-order chi connectivity index (χ1) is 11.0. The van der Waals surface area contributed by atoms with Crippen molar-refractivity contribution in [1.29, 1.82) is 0 Å². The van der Waals surface area contributed by atoms with Gasteiger partial charge in [0.15, 0.2) is 0 Å². The molecule has 0 aliphatic rings. The molecule has 0 bridgehead atoms. The van der Waals surface area contributed by atoms with Crippen molar-refractivity contribution >= 4 is 33.5 Å². The molecule has 23 heavy (non-hydrogen) atoms. The summed E-state index contributed by atoms with van der Waals surface area (Å²) >= 11 is 1.14. The van der Waals surface area contributed by atoms with Gasteiger partial charge in [-0.15, -0.1) is 11.3 Å². The van der Waals surface area contributed by atoms with Crippen molar-refractivity contribution in [2.45, 2.75) is 33.7 Å². The van der Waals surface area contributed by atoms with Crippen molar-refractivity contribution in [3.8, 4) is 0 Å². The highest BCUT2D eigenvalue weighted by atomic mass is 32.1. The minimum Gasteiger partial charge on any atom is -0.466 e. The van der Waals surface area contributed by atoms with Gasteiger partial charge in [-0.2, -0.15) is 0 Å². The van der Waals surface area contributed by atoms with Crippen LogP contribution in [0.4, 0.5) is 0 Å². The van der Waals surface area contributed by atoms with Crippen LogP contribution in [0.1, 0.15) is 35.5 Å². The molecule has 0 amide bonds. The molecule has 0 saturated heterocycles. The molecule has 124 valence electrons. The zero-order chi connectivity index (χ0) is 17.0. The molecule has 0 aromatic carbocycles. The van der Waals surface area contributed by atoms with Crippen LogP contribution in [0.15, 0.2) is 11.1 Å². The van der Waals surface area contributed by atoms with Crippen LogP contribution in [0, 0.1) is 6.92 Å². The first-order valence-electron chi connectivity index (χ1n) is 7.30. The molecular weight excluding hydrogens is 320 g/mol. The standard InChI is InChI=1S/C15H18N2O5S/c1-4-21-10(18)6-7-17-8-16-13-11(14(17)19)9(3)12(23-13)15(20)22-5-2/h8H,4-7H2,1-3H3. The molecule has 0 aliphatic heterocycles. The largest absolute Gasteiger partial charge is 0.466 e. The quantitative estimate of drug-likeness (QED) is 0.748. The van der Waals surface area contributed by atoms with E-state index in [-0.39, 0.29) is 31.1 Å². The van der Waals surface area contributed by atoms with Gasteiger partial charge in [-0.1, -0.05) is 0 Å². The van der Waals surface area contributed by atoms with Gasteiger partial charge in [0.05, 0.1) is 31.3 Å². The average Bonchev–Trinajstić information content (AvgIpc) is 2.85. The van der Waals surface area contributed by atoms with E-state index in [2.05, 4.69) is 4.98 Å². The van der Waals surface area contributed by atoms with Crippen molar-refractivity contribution in [2.75, 3.05) is 13.2 Å². The Morgan fingerprint density at radius 2 is 1.96 bits per heavy atom. The number of hydrogen-bond donors (Lipinski definition) is 0. The third-order valence-electron chi connectivity index (χ3n) is 3.24. The molecule has 0 saturated carbocycles. The van der Waals surface area contributed by atoms with E-state index < -0.39 is 5.97 Å². The average molecular weight is 338 g/mol. The fourth-order valence-corrected chi connectivity index (χ4v) is 3.19. The Kier molecular flexibility index (Phi) is 5.49. The summed E-state index contributed by atoms with van der Waals surface area (Å²) in [4.78, 5) is 40.9. The summed E-state index contributed by atoms with van der Waals surface area (Å²) in [5.41, 5.74) is 0.287. The molecule has 0 radical (unpaired) electrons. The molecule has 0 unspecified atom stereocenters. The number of thiophene rings is 1. The van der Waals surface area contributed by atoms with E-state index in [4.69, 9.17) is 9.47 Å². The van der Waals surface area contributed by atoms with E-state index in [1.165, 1.54) is 10.9 Å². The van der Waals surface area contributed by atoms with Crippen molar-refractivity contribution < 1.29 is 19.1 Å². The van der Waals surface area contributed by atoms with Gasteiger partial charge in [-0.3, -0.25) is 14.2 Å². The summed E-state index contributed by atoms with van der Waals surface area (Å²) in [5, 5.41) is 0.393. The lowest BCUT2D eigenvalue weighted by Gasteiger charge is -2.05. The van der Waals surface area contributed by atoms with E-state index in [0.717, 1.165) is 11.3 Å². The fraction of sp³-hybridized carbons (Fsp3) is 0.467. The van der Waals surface area contributed by atoms with Gasteiger partial charge < -0.3 is 9.47 Å². The van der Waals surface area contributed by atoms with Crippen LogP contribution in [0.2, 0.25) is 0 Å². The Hall–Kier alpha value is -2.22. The predicted molar refractivity (Wildman–Crippen MR) is 85.8 cm³/mol. The Morgan fingerprint density at radius 3 is 2.61 bits per heavy atom. The number of rotatable bonds is 6. The minimum absolute atomic E-state index is 0.0921. The molecular formula is C15H18N2O5S. The Balaban J connectivity index is 2.35. The number of aromatic nitrogens is 2. The van der Waals surface area contributed by atoms with Crippen LogP contribution in [-0.4, -0.2) is 34.7 Å². The topological polar surface area (TPSA) is 87.5 Å². The maximum absolute atomic E-state index is 12.5. The first kappa shape index (κ1) is 17.1. The second-order valence-electron chi connectivity index (χ2n) is 4.75. The Bertz CT molecular complexity index is 793. The molecule has 2 rings (SSSR count). The summed E-state index contributed by atoms with van der Waals surface area (Å²) < 4.78 is 11.2.